The third-order valence-corrected chi connectivity index (χ3v) is 5.17. The van der Waals surface area contributed by atoms with Crippen LogP contribution in [-0.4, -0.2) is 49.6 Å². The van der Waals surface area contributed by atoms with Crippen LogP contribution < -0.4 is 0 Å². The Kier molecular flexibility index (Phi) is 8.06. The lowest BCUT2D eigenvalue weighted by Crippen LogP contribution is -2.42. The van der Waals surface area contributed by atoms with Gasteiger partial charge in [0.15, 0.2) is 0 Å². The molecule has 2 aromatic carbocycles. The second-order valence-corrected chi connectivity index (χ2v) is 7.89. The van der Waals surface area contributed by atoms with Crippen LogP contribution in [0.4, 0.5) is 0 Å². The topological polar surface area (TPSA) is 66.8 Å². The smallest absolute Gasteiger partial charge is 0.294 e. The number of hydrogen-bond acceptors (Lipinski definition) is 4. The summed E-state index contributed by atoms with van der Waals surface area (Å²) in [6.07, 6.45) is 0.198. The Bertz CT molecular complexity index is 766. The predicted molar refractivity (Wildman–Crippen MR) is 103 cm³/mol. The van der Waals surface area contributed by atoms with Gasteiger partial charge in [0.1, 0.15) is 0 Å². The number of morpholine rings is 1. The largest absolute Gasteiger partial charge is 0.374 e. The van der Waals surface area contributed by atoms with Crippen molar-refractivity contribution in [3.8, 4) is 0 Å². The van der Waals surface area contributed by atoms with Crippen LogP contribution in [0.1, 0.15) is 11.1 Å². The molecule has 0 amide bonds. The van der Waals surface area contributed by atoms with Gasteiger partial charge in [0, 0.05) is 25.5 Å². The van der Waals surface area contributed by atoms with Crippen molar-refractivity contribution in [3.05, 3.63) is 65.7 Å². The second-order valence-electron chi connectivity index (χ2n) is 6.16. The van der Waals surface area contributed by atoms with Gasteiger partial charge in [-0.15, -0.1) is 11.6 Å². The highest BCUT2D eigenvalue weighted by atomic mass is 35.5. The molecule has 1 aliphatic rings. The van der Waals surface area contributed by atoms with Crippen molar-refractivity contribution >= 4 is 21.7 Å². The molecule has 1 aliphatic heterocycles. The Morgan fingerprint density at radius 1 is 1.15 bits per heavy atom. The fourth-order valence-electron chi connectivity index (χ4n) is 2.57. The Labute approximate surface area is 160 Å². The molecule has 0 spiro atoms. The van der Waals surface area contributed by atoms with E-state index in [9.17, 15) is 8.42 Å². The maximum Gasteiger partial charge on any atom is 0.294 e. The first-order chi connectivity index (χ1) is 12.4. The molecule has 26 heavy (non-hydrogen) atoms. The average molecular weight is 398 g/mol. The summed E-state index contributed by atoms with van der Waals surface area (Å²) in [5, 5.41) is 0. The van der Waals surface area contributed by atoms with Gasteiger partial charge in [-0.1, -0.05) is 48.0 Å². The molecule has 1 atom stereocenters. The molecule has 0 saturated carbocycles. The Morgan fingerprint density at radius 2 is 1.81 bits per heavy atom. The van der Waals surface area contributed by atoms with Gasteiger partial charge in [0.2, 0.25) is 0 Å². The van der Waals surface area contributed by atoms with Crippen LogP contribution in [0.15, 0.2) is 59.5 Å². The number of nitrogens with zero attached hydrogens (tertiary/aromatic N) is 1. The fourth-order valence-corrected chi connectivity index (χ4v) is 3.24. The van der Waals surface area contributed by atoms with Gasteiger partial charge in [-0.3, -0.25) is 9.45 Å². The number of alkyl halides is 1. The lowest BCUT2D eigenvalue weighted by Gasteiger charge is -2.31. The molecule has 142 valence electrons. The summed E-state index contributed by atoms with van der Waals surface area (Å²) >= 11 is 5.80. The van der Waals surface area contributed by atoms with E-state index in [2.05, 4.69) is 29.2 Å². The molecule has 1 unspecified atom stereocenters. The molecule has 5 nitrogen and oxygen atoms in total. The third kappa shape index (κ3) is 7.05. The lowest BCUT2D eigenvalue weighted by atomic mass is 10.2. The molecule has 0 aliphatic carbocycles. The van der Waals surface area contributed by atoms with Crippen molar-refractivity contribution in [2.75, 3.05) is 25.6 Å². The van der Waals surface area contributed by atoms with E-state index in [1.54, 1.807) is 12.1 Å². The van der Waals surface area contributed by atoms with Crippen molar-refractivity contribution in [2.24, 2.45) is 0 Å². The maximum absolute atomic E-state index is 10.5. The van der Waals surface area contributed by atoms with Gasteiger partial charge < -0.3 is 4.74 Å². The first kappa shape index (κ1) is 20.9. The van der Waals surface area contributed by atoms with Gasteiger partial charge in [0.05, 0.1) is 17.6 Å². The standard InChI is InChI=1S/C12H16ClNO.C7H8O3S/c13-8-12-10-14(6-7-15-12)9-11-4-2-1-3-5-11;1-6-2-4-7(5-3-6)11(8,9)10/h1-5,12H,6-10H2;2-5H,1H3,(H,8,9,10). The van der Waals surface area contributed by atoms with E-state index in [1.165, 1.54) is 17.7 Å². The summed E-state index contributed by atoms with van der Waals surface area (Å²) in [5.41, 5.74) is 2.31. The first-order valence-corrected chi connectivity index (χ1v) is 10.3. The van der Waals surface area contributed by atoms with E-state index in [1.807, 2.05) is 13.0 Å². The Hall–Kier alpha value is -1.44. The number of rotatable bonds is 4. The minimum atomic E-state index is -4.02. The highest BCUT2D eigenvalue weighted by Crippen LogP contribution is 2.11. The number of aryl methyl sites for hydroxylation is 1. The quantitative estimate of drug-likeness (QED) is 0.632. The molecular formula is C19H24ClNO4S. The summed E-state index contributed by atoms with van der Waals surface area (Å²) < 4.78 is 35.1. The van der Waals surface area contributed by atoms with Crippen LogP contribution in [-0.2, 0) is 21.4 Å². The second kappa shape index (κ2) is 10.0. The van der Waals surface area contributed by atoms with Crippen LogP contribution in [0.5, 0.6) is 0 Å². The average Bonchev–Trinajstić information content (AvgIpc) is 2.63. The van der Waals surface area contributed by atoms with Gasteiger partial charge >= 0.3 is 0 Å². The minimum Gasteiger partial charge on any atom is -0.374 e. The minimum absolute atomic E-state index is 0.0666. The highest BCUT2D eigenvalue weighted by molar-refractivity contribution is 7.85. The molecule has 2 aromatic rings. The van der Waals surface area contributed by atoms with Gasteiger partial charge in [-0.25, -0.2) is 0 Å². The number of ether oxygens (including phenoxy) is 1. The maximum atomic E-state index is 10.5. The Balaban J connectivity index is 0.000000197. The van der Waals surface area contributed by atoms with Crippen molar-refractivity contribution in [1.82, 2.24) is 4.90 Å². The zero-order chi connectivity index (χ0) is 19.0. The van der Waals surface area contributed by atoms with E-state index in [4.69, 9.17) is 20.9 Å². The van der Waals surface area contributed by atoms with E-state index >= 15 is 0 Å². The number of halogens is 1. The molecular weight excluding hydrogens is 374 g/mol. The van der Waals surface area contributed by atoms with E-state index in [0.29, 0.717) is 5.88 Å². The van der Waals surface area contributed by atoms with E-state index in [0.717, 1.165) is 31.8 Å². The Morgan fingerprint density at radius 3 is 2.38 bits per heavy atom. The predicted octanol–water partition coefficient (Wildman–Crippen LogP) is 3.37. The van der Waals surface area contributed by atoms with E-state index < -0.39 is 10.1 Å². The molecule has 0 radical (unpaired) electrons. The lowest BCUT2D eigenvalue weighted by molar-refractivity contribution is -0.0194. The van der Waals surface area contributed by atoms with Crippen LogP contribution in [0.2, 0.25) is 0 Å². The van der Waals surface area contributed by atoms with Crippen LogP contribution in [0.25, 0.3) is 0 Å². The SMILES string of the molecule is Cc1ccc(S(=O)(=O)O)cc1.ClCC1CN(Cc2ccccc2)CCO1. The monoisotopic (exact) mass is 397 g/mol. The first-order valence-electron chi connectivity index (χ1n) is 8.36. The molecule has 0 aromatic heterocycles. The summed E-state index contributed by atoms with van der Waals surface area (Å²) in [6, 6.07) is 16.5. The molecule has 1 N–H and O–H groups in total. The zero-order valence-corrected chi connectivity index (χ0v) is 16.3. The van der Waals surface area contributed by atoms with Gasteiger partial charge in [0.25, 0.3) is 10.1 Å². The molecule has 1 fully saturated rings. The van der Waals surface area contributed by atoms with Crippen LogP contribution in [0.3, 0.4) is 0 Å². The van der Waals surface area contributed by atoms with Gasteiger partial charge in [-0.2, -0.15) is 8.42 Å². The van der Waals surface area contributed by atoms with Crippen molar-refractivity contribution in [2.45, 2.75) is 24.5 Å². The molecule has 1 heterocycles. The summed E-state index contributed by atoms with van der Waals surface area (Å²) in [5.74, 6) is 0.589. The summed E-state index contributed by atoms with van der Waals surface area (Å²) in [7, 11) is -4.02. The molecule has 1 saturated heterocycles. The third-order valence-electron chi connectivity index (χ3n) is 3.96. The number of hydrogen-bond donors (Lipinski definition) is 1. The fraction of sp³-hybridized carbons (Fsp3) is 0.368. The highest BCUT2D eigenvalue weighted by Gasteiger charge is 2.19. The van der Waals surface area contributed by atoms with Crippen molar-refractivity contribution in [1.29, 1.82) is 0 Å². The zero-order valence-electron chi connectivity index (χ0n) is 14.7. The van der Waals surface area contributed by atoms with Crippen LogP contribution >= 0.6 is 11.6 Å². The molecule has 7 heteroatoms. The van der Waals surface area contributed by atoms with Crippen LogP contribution in [0, 0.1) is 6.92 Å². The molecule has 0 bridgehead atoms. The summed E-state index contributed by atoms with van der Waals surface area (Å²) in [6.45, 7) is 5.58. The van der Waals surface area contributed by atoms with Crippen molar-refractivity contribution in [3.63, 3.8) is 0 Å². The normalized spacial score (nSPS) is 18.0. The number of benzene rings is 2. The molecule has 3 rings (SSSR count). The van der Waals surface area contributed by atoms with E-state index in [-0.39, 0.29) is 11.0 Å². The van der Waals surface area contributed by atoms with Crippen molar-refractivity contribution < 1.29 is 17.7 Å². The van der Waals surface area contributed by atoms with Gasteiger partial charge in [-0.05, 0) is 24.6 Å². The summed E-state index contributed by atoms with van der Waals surface area (Å²) in [4.78, 5) is 2.33.